The first-order valence-corrected chi connectivity index (χ1v) is 12.5. The van der Waals surface area contributed by atoms with E-state index in [2.05, 4.69) is 124 Å². The molecule has 0 fully saturated rings. The van der Waals surface area contributed by atoms with Gasteiger partial charge in [-0.3, -0.25) is 0 Å². The molecule has 4 heteroatoms. The first kappa shape index (κ1) is 26.0. The van der Waals surface area contributed by atoms with Crippen molar-refractivity contribution >= 4 is 28.7 Å². The fourth-order valence-corrected chi connectivity index (χ4v) is 6.29. The quantitative estimate of drug-likeness (QED) is 0.365. The highest BCUT2D eigenvalue weighted by Gasteiger charge is 2.42. The topological polar surface area (TPSA) is 6.25 Å². The molecule has 2 nitrogen and oxygen atoms in total. The Bertz CT molecular complexity index is 1340. The molecule has 5 rings (SSSR count). The van der Waals surface area contributed by atoms with Crippen molar-refractivity contribution in [3.05, 3.63) is 106 Å². The van der Waals surface area contributed by atoms with Crippen LogP contribution in [0.15, 0.2) is 94.7 Å². The number of anilines is 1. The maximum absolute atomic E-state index is 6.90. The van der Waals surface area contributed by atoms with Gasteiger partial charge in [-0.15, -0.1) is 0 Å². The van der Waals surface area contributed by atoms with Gasteiger partial charge in [0.05, 0.1) is 5.41 Å². The summed E-state index contributed by atoms with van der Waals surface area (Å²) in [6.45, 7) is 9.20. The summed E-state index contributed by atoms with van der Waals surface area (Å²) >= 11 is 6.90. The van der Waals surface area contributed by atoms with Crippen molar-refractivity contribution in [3.8, 4) is 0 Å². The maximum Gasteiger partial charge on any atom is 0.209 e. The van der Waals surface area contributed by atoms with Crippen molar-refractivity contribution in [3.63, 3.8) is 0 Å². The van der Waals surface area contributed by atoms with Crippen LogP contribution in [0.25, 0.3) is 0 Å². The van der Waals surface area contributed by atoms with Gasteiger partial charge in [0.2, 0.25) is 5.69 Å². The van der Waals surface area contributed by atoms with E-state index in [4.69, 9.17) is 11.6 Å². The zero-order chi connectivity index (χ0) is 24.3. The Labute approximate surface area is 232 Å². The number of benzene rings is 2. The lowest BCUT2D eigenvalue weighted by Crippen LogP contribution is -3.00. The summed E-state index contributed by atoms with van der Waals surface area (Å²) in [4.78, 5) is 2.31. The predicted molar refractivity (Wildman–Crippen MR) is 146 cm³/mol. The summed E-state index contributed by atoms with van der Waals surface area (Å²) in [6.07, 6.45) is 11.0. The van der Waals surface area contributed by atoms with Crippen LogP contribution in [0, 0.1) is 0 Å². The van der Waals surface area contributed by atoms with E-state index in [0.717, 1.165) is 17.9 Å². The largest absolute Gasteiger partial charge is 1.00 e. The number of hydrogen-bond donors (Lipinski definition) is 0. The van der Waals surface area contributed by atoms with E-state index < -0.39 is 0 Å². The van der Waals surface area contributed by atoms with E-state index in [1.165, 1.54) is 45.1 Å². The van der Waals surface area contributed by atoms with Crippen LogP contribution in [0.3, 0.4) is 0 Å². The lowest BCUT2D eigenvalue weighted by Gasteiger charge is -2.23. The molecule has 2 aromatic carbocycles. The van der Waals surface area contributed by atoms with Crippen LogP contribution >= 0.6 is 11.6 Å². The van der Waals surface area contributed by atoms with Gasteiger partial charge in [-0.25, -0.2) is 0 Å². The molecule has 2 heterocycles. The maximum atomic E-state index is 6.90. The van der Waals surface area contributed by atoms with Crippen LogP contribution in [0.5, 0.6) is 0 Å². The molecule has 2 aromatic rings. The molecule has 0 radical (unpaired) electrons. The molecule has 182 valence electrons. The first-order chi connectivity index (χ1) is 16.1. The highest BCUT2D eigenvalue weighted by Crippen LogP contribution is 2.47. The Morgan fingerprint density at radius 2 is 1.51 bits per heavy atom. The molecule has 0 saturated carbocycles. The number of rotatable bonds is 3. The average molecular weight is 597 g/mol. The molecule has 3 aliphatic rings. The average Bonchev–Trinajstić information content (AvgIpc) is 3.33. The number of halogens is 2. The normalized spacial score (nSPS) is 22.4. The number of para-hydroxylation sites is 2. The summed E-state index contributed by atoms with van der Waals surface area (Å²) in [7, 11) is 4.32. The molecule has 0 N–H and O–H groups in total. The third kappa shape index (κ3) is 4.15. The molecule has 0 bridgehead atoms. The van der Waals surface area contributed by atoms with Gasteiger partial charge in [-0.1, -0.05) is 74.0 Å². The molecule has 0 spiro atoms. The summed E-state index contributed by atoms with van der Waals surface area (Å²) in [5.41, 5.74) is 10.3. The molecule has 0 unspecified atom stereocenters. The van der Waals surface area contributed by atoms with Gasteiger partial charge in [0.15, 0.2) is 5.71 Å². The lowest BCUT2D eigenvalue weighted by atomic mass is 9.81. The minimum absolute atomic E-state index is 0. The second-order valence-corrected chi connectivity index (χ2v) is 11.1. The molecule has 0 amide bonds. The van der Waals surface area contributed by atoms with Gasteiger partial charge in [-0.05, 0) is 55.5 Å². The third-order valence-corrected chi connectivity index (χ3v) is 8.48. The predicted octanol–water partition coefficient (Wildman–Crippen LogP) is 4.78. The van der Waals surface area contributed by atoms with Gasteiger partial charge < -0.3 is 28.9 Å². The Hall–Kier alpha value is -2.11. The highest BCUT2D eigenvalue weighted by atomic mass is 127. The van der Waals surface area contributed by atoms with Crippen molar-refractivity contribution in [2.24, 2.45) is 0 Å². The number of allylic oxidation sites excluding steroid dienone is 8. The van der Waals surface area contributed by atoms with Crippen molar-refractivity contribution in [2.75, 3.05) is 19.0 Å². The van der Waals surface area contributed by atoms with E-state index in [-0.39, 0.29) is 34.8 Å². The molecule has 0 saturated heterocycles. The van der Waals surface area contributed by atoms with Crippen LogP contribution < -0.4 is 28.9 Å². The highest BCUT2D eigenvalue weighted by molar-refractivity contribution is 6.33. The van der Waals surface area contributed by atoms with Crippen molar-refractivity contribution < 1.29 is 28.6 Å². The van der Waals surface area contributed by atoms with Gasteiger partial charge in [0.1, 0.15) is 7.05 Å². The monoisotopic (exact) mass is 596 g/mol. The minimum Gasteiger partial charge on any atom is -1.00 e. The molecule has 0 aromatic heterocycles. The van der Waals surface area contributed by atoms with Gasteiger partial charge >= 0.3 is 0 Å². The molecule has 1 aliphatic carbocycles. The molecule has 35 heavy (non-hydrogen) atoms. The van der Waals surface area contributed by atoms with E-state index in [9.17, 15) is 0 Å². The standard InChI is InChI=1S/C31H34ClN2.HI/c1-30(2)23-11-7-9-13-25(23)33(5)27(30)19-17-21-15-16-22(29(21)32)18-20-28-31(3,4)24-12-8-10-14-26(24)34(28)6;/h7-14,17-20H,15-16H2,1-6H3;1H/q+1;/p-1. The lowest BCUT2D eigenvalue weighted by molar-refractivity contribution is -0.401. The molecule has 2 aliphatic heterocycles. The number of likely N-dealkylation sites (N-methyl/N-ethyl adjacent to an activating group) is 1. The number of nitrogens with zero attached hydrogens (tertiary/aromatic N) is 2. The second kappa shape index (κ2) is 9.40. The van der Waals surface area contributed by atoms with Gasteiger partial charge in [0, 0.05) is 46.6 Å². The van der Waals surface area contributed by atoms with Crippen LogP contribution in [0.1, 0.15) is 51.7 Å². The summed E-state index contributed by atoms with van der Waals surface area (Å²) < 4.78 is 2.31. The van der Waals surface area contributed by atoms with E-state index >= 15 is 0 Å². The summed E-state index contributed by atoms with van der Waals surface area (Å²) in [5.74, 6) is 0. The molecular weight excluding hydrogens is 563 g/mol. The third-order valence-electron chi connectivity index (χ3n) is 7.99. The van der Waals surface area contributed by atoms with Crippen molar-refractivity contribution in [1.29, 1.82) is 0 Å². The Morgan fingerprint density at radius 1 is 0.857 bits per heavy atom. The zero-order valence-corrected chi connectivity index (χ0v) is 24.4. The number of fused-ring (bicyclic) bond motifs is 2. The van der Waals surface area contributed by atoms with Crippen molar-refractivity contribution in [1.82, 2.24) is 0 Å². The Morgan fingerprint density at radius 3 is 2.20 bits per heavy atom. The van der Waals surface area contributed by atoms with Gasteiger partial charge in [-0.2, -0.15) is 4.58 Å². The first-order valence-electron chi connectivity index (χ1n) is 12.2. The van der Waals surface area contributed by atoms with Gasteiger partial charge in [0.25, 0.3) is 0 Å². The molecular formula is C31H34ClIN2. The fourth-order valence-electron chi connectivity index (χ4n) is 5.97. The second-order valence-electron chi connectivity index (χ2n) is 10.7. The van der Waals surface area contributed by atoms with Crippen LogP contribution in [-0.2, 0) is 10.8 Å². The molecule has 0 atom stereocenters. The minimum atomic E-state index is -0.0236. The zero-order valence-electron chi connectivity index (χ0n) is 21.5. The Kier molecular flexibility index (Phi) is 6.98. The summed E-state index contributed by atoms with van der Waals surface area (Å²) in [6, 6.07) is 17.4. The number of hydrogen-bond acceptors (Lipinski definition) is 1. The van der Waals surface area contributed by atoms with Crippen LogP contribution in [-0.4, -0.2) is 24.4 Å². The van der Waals surface area contributed by atoms with E-state index in [1.54, 1.807) is 0 Å². The van der Waals surface area contributed by atoms with Crippen molar-refractivity contribution in [2.45, 2.75) is 51.4 Å². The summed E-state index contributed by atoms with van der Waals surface area (Å²) in [5, 5.41) is 0.903. The van der Waals surface area contributed by atoms with E-state index in [1.807, 2.05) is 0 Å². The van der Waals surface area contributed by atoms with Crippen LogP contribution in [0.2, 0.25) is 0 Å². The fraction of sp³-hybridized carbons (Fsp3) is 0.323. The SMILES string of the molecule is CN1/C(=C/C=C2\CCC(/C=C/C3=[N+](C)c4ccccc4C3(C)C)=C2Cl)C(C)(C)c2ccccc21.[I-]. The van der Waals surface area contributed by atoms with Crippen LogP contribution in [0.4, 0.5) is 11.4 Å². The smallest absolute Gasteiger partial charge is 0.209 e. The Balaban J connectivity index is 0.00000289. The van der Waals surface area contributed by atoms with E-state index in [0.29, 0.717) is 0 Å².